The second-order valence-corrected chi connectivity index (χ2v) is 4.85. The summed E-state index contributed by atoms with van der Waals surface area (Å²) in [5.41, 5.74) is 0.787. The zero-order valence-corrected chi connectivity index (χ0v) is 11.0. The molecular formula is C11H16BrN3O. The van der Waals surface area contributed by atoms with Crippen molar-refractivity contribution < 1.29 is 4.79 Å². The predicted molar refractivity (Wildman–Crippen MR) is 67.4 cm³/mol. The number of aryl methyl sites for hydroxylation is 1. The fraction of sp³-hybridized carbons (Fsp3) is 0.636. The van der Waals surface area contributed by atoms with Gasteiger partial charge in [0.05, 0.1) is 11.8 Å². The predicted octanol–water partition coefficient (Wildman–Crippen LogP) is 1.99. The average molecular weight is 286 g/mol. The Balaban J connectivity index is 2.30. The zero-order chi connectivity index (χ0) is 11.5. The second kappa shape index (κ2) is 4.99. The quantitative estimate of drug-likeness (QED) is 0.798. The van der Waals surface area contributed by atoms with Crippen LogP contribution in [0, 0.1) is 0 Å². The van der Waals surface area contributed by atoms with Gasteiger partial charge in [0.15, 0.2) is 5.78 Å². The molecule has 1 aliphatic rings. The molecule has 0 fully saturated rings. The highest BCUT2D eigenvalue weighted by atomic mass is 79.9. The molecule has 0 atom stereocenters. The van der Waals surface area contributed by atoms with Gasteiger partial charge in [0.2, 0.25) is 0 Å². The van der Waals surface area contributed by atoms with Crippen LogP contribution in [-0.4, -0.2) is 34.0 Å². The van der Waals surface area contributed by atoms with Crippen molar-refractivity contribution in [3.63, 3.8) is 0 Å². The Morgan fingerprint density at radius 2 is 2.38 bits per heavy atom. The highest BCUT2D eigenvalue weighted by Gasteiger charge is 2.24. The normalized spacial score (nSPS) is 16.1. The lowest BCUT2D eigenvalue weighted by Gasteiger charge is -2.23. The average Bonchev–Trinajstić information content (AvgIpc) is 2.57. The van der Waals surface area contributed by atoms with Crippen LogP contribution in [0.25, 0.3) is 0 Å². The number of anilines is 1. The maximum absolute atomic E-state index is 11.8. The van der Waals surface area contributed by atoms with Crippen molar-refractivity contribution in [2.75, 3.05) is 23.3 Å². The number of ketones is 1. The summed E-state index contributed by atoms with van der Waals surface area (Å²) >= 11 is 3.44. The van der Waals surface area contributed by atoms with Gasteiger partial charge in [-0.15, -0.1) is 0 Å². The van der Waals surface area contributed by atoms with E-state index < -0.39 is 0 Å². The standard InChI is InChI=1S/C11H16BrN3O/c1-14-11-9(8-13-14)10(16)4-2-6-15(11)7-3-5-12/h8H,2-7H2,1H3. The van der Waals surface area contributed by atoms with E-state index in [4.69, 9.17) is 0 Å². The first-order valence-corrected chi connectivity index (χ1v) is 6.72. The van der Waals surface area contributed by atoms with Crippen LogP contribution >= 0.6 is 15.9 Å². The van der Waals surface area contributed by atoms with Crippen molar-refractivity contribution in [3.8, 4) is 0 Å². The summed E-state index contributed by atoms with van der Waals surface area (Å²) < 4.78 is 1.81. The van der Waals surface area contributed by atoms with E-state index >= 15 is 0 Å². The largest absolute Gasteiger partial charge is 0.356 e. The molecule has 1 aromatic rings. The van der Waals surface area contributed by atoms with Gasteiger partial charge in [-0.25, -0.2) is 0 Å². The van der Waals surface area contributed by atoms with Gasteiger partial charge in [-0.3, -0.25) is 9.48 Å². The molecule has 0 radical (unpaired) electrons. The van der Waals surface area contributed by atoms with Gasteiger partial charge >= 0.3 is 0 Å². The molecule has 1 aliphatic heterocycles. The van der Waals surface area contributed by atoms with Crippen molar-refractivity contribution in [2.24, 2.45) is 7.05 Å². The number of carbonyl (C=O) groups is 1. The zero-order valence-electron chi connectivity index (χ0n) is 9.45. The van der Waals surface area contributed by atoms with Crippen LogP contribution in [0.5, 0.6) is 0 Å². The van der Waals surface area contributed by atoms with E-state index in [-0.39, 0.29) is 5.78 Å². The number of halogens is 1. The minimum absolute atomic E-state index is 0.226. The number of nitrogens with zero attached hydrogens (tertiary/aromatic N) is 3. The maximum Gasteiger partial charge on any atom is 0.168 e. The number of Topliss-reactive ketones (excluding diaryl/α,β-unsaturated/α-hetero) is 1. The van der Waals surface area contributed by atoms with Crippen molar-refractivity contribution in [3.05, 3.63) is 11.8 Å². The molecule has 0 saturated carbocycles. The summed E-state index contributed by atoms with van der Waals surface area (Å²) in [6.45, 7) is 1.93. The molecule has 0 N–H and O–H groups in total. The fourth-order valence-electron chi connectivity index (χ4n) is 2.14. The molecule has 0 bridgehead atoms. The van der Waals surface area contributed by atoms with Crippen molar-refractivity contribution in [1.82, 2.24) is 9.78 Å². The maximum atomic E-state index is 11.8. The number of alkyl halides is 1. The van der Waals surface area contributed by atoms with Gasteiger partial charge in [-0.05, 0) is 12.8 Å². The fourth-order valence-corrected chi connectivity index (χ4v) is 2.39. The molecule has 0 amide bonds. The van der Waals surface area contributed by atoms with E-state index in [9.17, 15) is 4.79 Å². The first-order chi connectivity index (χ1) is 7.74. The Labute approximate surface area is 104 Å². The Hall–Kier alpha value is -0.840. The second-order valence-electron chi connectivity index (χ2n) is 4.06. The lowest BCUT2D eigenvalue weighted by molar-refractivity contribution is 0.0984. The highest BCUT2D eigenvalue weighted by molar-refractivity contribution is 9.09. The molecule has 0 unspecified atom stereocenters. The van der Waals surface area contributed by atoms with E-state index in [1.54, 1.807) is 6.20 Å². The van der Waals surface area contributed by atoms with Crippen molar-refractivity contribution in [2.45, 2.75) is 19.3 Å². The molecule has 2 heterocycles. The summed E-state index contributed by atoms with van der Waals surface area (Å²) in [5, 5.41) is 5.18. The molecular weight excluding hydrogens is 270 g/mol. The van der Waals surface area contributed by atoms with Crippen molar-refractivity contribution in [1.29, 1.82) is 0 Å². The molecule has 0 spiro atoms. The van der Waals surface area contributed by atoms with E-state index in [1.807, 2.05) is 11.7 Å². The van der Waals surface area contributed by atoms with Crippen LogP contribution < -0.4 is 4.90 Å². The molecule has 5 heteroatoms. The summed E-state index contributed by atoms with van der Waals surface area (Å²) in [6.07, 6.45) is 4.36. The number of aromatic nitrogens is 2. The Morgan fingerprint density at radius 1 is 1.56 bits per heavy atom. The van der Waals surface area contributed by atoms with Crippen LogP contribution in [0.2, 0.25) is 0 Å². The van der Waals surface area contributed by atoms with Crippen LogP contribution in [-0.2, 0) is 7.05 Å². The number of hydrogen-bond donors (Lipinski definition) is 0. The lowest BCUT2D eigenvalue weighted by atomic mass is 10.1. The number of fused-ring (bicyclic) bond motifs is 1. The SMILES string of the molecule is Cn1ncc2c1N(CCCBr)CCCC2=O. The summed E-state index contributed by atoms with van der Waals surface area (Å²) in [4.78, 5) is 14.1. The topological polar surface area (TPSA) is 38.1 Å². The van der Waals surface area contributed by atoms with Crippen LogP contribution in [0.15, 0.2) is 6.20 Å². The van der Waals surface area contributed by atoms with Gasteiger partial charge in [0.25, 0.3) is 0 Å². The third kappa shape index (κ3) is 2.14. The Bertz CT molecular complexity index is 389. The Kier molecular flexibility index (Phi) is 3.63. The van der Waals surface area contributed by atoms with E-state index in [2.05, 4.69) is 25.9 Å². The van der Waals surface area contributed by atoms with Crippen LogP contribution in [0.1, 0.15) is 29.6 Å². The summed E-state index contributed by atoms with van der Waals surface area (Å²) in [5.74, 6) is 1.22. The number of rotatable bonds is 3. The number of carbonyl (C=O) groups excluding carboxylic acids is 1. The molecule has 1 aromatic heterocycles. The molecule has 2 rings (SSSR count). The van der Waals surface area contributed by atoms with Gasteiger partial charge < -0.3 is 4.90 Å². The van der Waals surface area contributed by atoms with Crippen LogP contribution in [0.4, 0.5) is 5.82 Å². The highest BCUT2D eigenvalue weighted by Crippen LogP contribution is 2.25. The molecule has 0 aromatic carbocycles. The van der Waals surface area contributed by atoms with Crippen molar-refractivity contribution >= 4 is 27.5 Å². The number of hydrogen-bond acceptors (Lipinski definition) is 3. The van der Waals surface area contributed by atoms with E-state index in [0.29, 0.717) is 6.42 Å². The Morgan fingerprint density at radius 3 is 3.12 bits per heavy atom. The first-order valence-electron chi connectivity index (χ1n) is 5.60. The van der Waals surface area contributed by atoms with Gasteiger partial charge in [-0.1, -0.05) is 15.9 Å². The molecule has 4 nitrogen and oxygen atoms in total. The molecule has 0 saturated heterocycles. The lowest BCUT2D eigenvalue weighted by Crippen LogP contribution is -2.27. The minimum atomic E-state index is 0.226. The van der Waals surface area contributed by atoms with Gasteiger partial charge in [0.1, 0.15) is 5.82 Å². The minimum Gasteiger partial charge on any atom is -0.356 e. The summed E-state index contributed by atoms with van der Waals surface area (Å²) in [6, 6.07) is 0. The molecule has 0 aliphatic carbocycles. The third-order valence-electron chi connectivity index (χ3n) is 2.90. The van der Waals surface area contributed by atoms with Gasteiger partial charge in [-0.2, -0.15) is 5.10 Å². The molecule has 16 heavy (non-hydrogen) atoms. The first kappa shape index (κ1) is 11.6. The summed E-state index contributed by atoms with van der Waals surface area (Å²) in [7, 11) is 1.90. The third-order valence-corrected chi connectivity index (χ3v) is 3.46. The van der Waals surface area contributed by atoms with Crippen LogP contribution in [0.3, 0.4) is 0 Å². The van der Waals surface area contributed by atoms with E-state index in [0.717, 1.165) is 42.6 Å². The smallest absolute Gasteiger partial charge is 0.168 e. The molecule has 88 valence electrons. The monoisotopic (exact) mass is 285 g/mol. The van der Waals surface area contributed by atoms with E-state index in [1.165, 1.54) is 0 Å². The van der Waals surface area contributed by atoms with Gasteiger partial charge in [0, 0.05) is 31.9 Å².